The molecule has 0 radical (unpaired) electrons. The highest BCUT2D eigenvalue weighted by Gasteiger charge is 2.33. The molecule has 0 saturated carbocycles. The van der Waals surface area contributed by atoms with Gasteiger partial charge in [0.05, 0.1) is 10.7 Å². The highest BCUT2D eigenvalue weighted by molar-refractivity contribution is 6.33. The second kappa shape index (κ2) is 6.76. The van der Waals surface area contributed by atoms with Crippen molar-refractivity contribution in [1.29, 1.82) is 0 Å². The van der Waals surface area contributed by atoms with Gasteiger partial charge in [-0.1, -0.05) is 30.7 Å². The van der Waals surface area contributed by atoms with Crippen molar-refractivity contribution in [2.75, 3.05) is 24.5 Å². The number of H-pyrrole nitrogens is 1. The topological polar surface area (TPSA) is 69.3 Å². The number of anilines is 1. The van der Waals surface area contributed by atoms with Crippen molar-refractivity contribution in [3.05, 3.63) is 46.2 Å². The quantitative estimate of drug-likeness (QED) is 0.881. The Morgan fingerprint density at radius 2 is 2.12 bits per heavy atom. The predicted octanol–water partition coefficient (Wildman–Crippen LogP) is 2.68. The summed E-state index contributed by atoms with van der Waals surface area (Å²) in [5.41, 5.74) is 3.25. The molecule has 1 aliphatic heterocycles. The zero-order valence-electron chi connectivity index (χ0n) is 14.7. The van der Waals surface area contributed by atoms with Gasteiger partial charge < -0.3 is 9.80 Å². The van der Waals surface area contributed by atoms with Gasteiger partial charge in [-0.25, -0.2) is 0 Å². The number of aromatic nitrogens is 2. The lowest BCUT2D eigenvalue weighted by atomic mass is 9.87. The molecule has 1 saturated heterocycles. The maximum absolute atomic E-state index is 12.9. The lowest BCUT2D eigenvalue weighted by molar-refractivity contribution is -0.120. The molecule has 0 spiro atoms. The number of halogens is 1. The van der Waals surface area contributed by atoms with Crippen LogP contribution in [0.4, 0.5) is 5.69 Å². The second-order valence-electron chi connectivity index (χ2n) is 7.10. The molecule has 136 valence electrons. The number of para-hydroxylation sites is 1. The molecule has 0 unspecified atom stereocenters. The first kappa shape index (κ1) is 17.1. The summed E-state index contributed by atoms with van der Waals surface area (Å²) in [5.74, 6) is 0.254. The standard InChI is InChI=1S/C19H21ClN4O2/c1-12-6-7-15-13(10-12)18(22-21-15)19(26)23-8-9-24(17(25)11-23)16-5-3-2-4-14(16)20/h2-5,12H,6-11H2,1H3,(H,21,22)/t12-/m1/s1. The van der Waals surface area contributed by atoms with Crippen LogP contribution >= 0.6 is 11.6 Å². The summed E-state index contributed by atoms with van der Waals surface area (Å²) in [4.78, 5) is 28.8. The van der Waals surface area contributed by atoms with E-state index >= 15 is 0 Å². The number of carbonyl (C=O) groups is 2. The van der Waals surface area contributed by atoms with Gasteiger partial charge in [-0.2, -0.15) is 5.10 Å². The Morgan fingerprint density at radius 3 is 2.88 bits per heavy atom. The largest absolute Gasteiger partial charge is 0.326 e. The Kier molecular flexibility index (Phi) is 4.44. The molecule has 1 aromatic heterocycles. The van der Waals surface area contributed by atoms with Crippen LogP contribution in [0.25, 0.3) is 0 Å². The summed E-state index contributed by atoms with van der Waals surface area (Å²) in [6.45, 7) is 3.13. The Morgan fingerprint density at radius 1 is 1.31 bits per heavy atom. The Hall–Kier alpha value is -2.34. The normalized spacial score (nSPS) is 20.2. The fraction of sp³-hybridized carbons (Fsp3) is 0.421. The van der Waals surface area contributed by atoms with Gasteiger partial charge in [0.1, 0.15) is 6.54 Å². The molecule has 4 rings (SSSR count). The van der Waals surface area contributed by atoms with Crippen LogP contribution in [0.3, 0.4) is 0 Å². The molecule has 7 heteroatoms. The number of benzene rings is 1. The van der Waals surface area contributed by atoms with E-state index in [1.165, 1.54) is 0 Å². The van der Waals surface area contributed by atoms with Crippen LogP contribution in [0, 0.1) is 5.92 Å². The maximum Gasteiger partial charge on any atom is 0.275 e. The van der Waals surface area contributed by atoms with E-state index in [4.69, 9.17) is 11.6 Å². The van der Waals surface area contributed by atoms with Gasteiger partial charge in [-0.3, -0.25) is 14.7 Å². The first-order valence-electron chi connectivity index (χ1n) is 8.95. The van der Waals surface area contributed by atoms with Crippen molar-refractivity contribution < 1.29 is 9.59 Å². The van der Waals surface area contributed by atoms with Gasteiger partial charge in [0.15, 0.2) is 5.69 Å². The number of aryl methyl sites for hydroxylation is 1. The SMILES string of the molecule is C[C@@H]1CCc2[nH]nc(C(=O)N3CCN(c4ccccc4Cl)C(=O)C3)c2C1. The molecular formula is C19H21ClN4O2. The molecule has 2 aromatic rings. The molecule has 1 aliphatic carbocycles. The van der Waals surface area contributed by atoms with E-state index in [-0.39, 0.29) is 18.4 Å². The number of nitrogens with one attached hydrogen (secondary N) is 1. The summed E-state index contributed by atoms with van der Waals surface area (Å²) in [6.07, 6.45) is 2.90. The summed E-state index contributed by atoms with van der Waals surface area (Å²) in [5, 5.41) is 7.81. The molecular weight excluding hydrogens is 352 g/mol. The van der Waals surface area contributed by atoms with Crippen LogP contribution < -0.4 is 4.90 Å². The molecule has 1 N–H and O–H groups in total. The Bertz CT molecular complexity index is 863. The first-order valence-corrected chi connectivity index (χ1v) is 9.32. The van der Waals surface area contributed by atoms with Crippen LogP contribution in [0.2, 0.25) is 5.02 Å². The minimum Gasteiger partial charge on any atom is -0.326 e. The lowest BCUT2D eigenvalue weighted by Gasteiger charge is -2.34. The molecule has 2 aliphatic rings. The average molecular weight is 373 g/mol. The number of rotatable bonds is 2. The number of carbonyl (C=O) groups excluding carboxylic acids is 2. The van der Waals surface area contributed by atoms with E-state index in [9.17, 15) is 9.59 Å². The fourth-order valence-corrected chi connectivity index (χ4v) is 4.01. The molecule has 1 aromatic carbocycles. The van der Waals surface area contributed by atoms with Crippen molar-refractivity contribution in [3.8, 4) is 0 Å². The van der Waals surface area contributed by atoms with E-state index in [1.54, 1.807) is 15.9 Å². The van der Waals surface area contributed by atoms with E-state index < -0.39 is 0 Å². The number of amides is 2. The maximum atomic E-state index is 12.9. The van der Waals surface area contributed by atoms with Crippen LogP contribution in [-0.4, -0.2) is 46.5 Å². The van der Waals surface area contributed by atoms with Crippen molar-refractivity contribution in [2.24, 2.45) is 5.92 Å². The second-order valence-corrected chi connectivity index (χ2v) is 7.51. The summed E-state index contributed by atoms with van der Waals surface area (Å²) in [6, 6.07) is 7.27. The molecule has 1 fully saturated rings. The third-order valence-corrected chi connectivity index (χ3v) is 5.57. The number of hydrogen-bond acceptors (Lipinski definition) is 3. The van der Waals surface area contributed by atoms with Crippen LogP contribution in [-0.2, 0) is 17.6 Å². The monoisotopic (exact) mass is 372 g/mol. The number of piperazine rings is 1. The molecule has 1 atom stereocenters. The molecule has 6 nitrogen and oxygen atoms in total. The minimum atomic E-state index is -0.163. The number of hydrogen-bond donors (Lipinski definition) is 1. The fourth-order valence-electron chi connectivity index (χ4n) is 3.77. The summed E-state index contributed by atoms with van der Waals surface area (Å²) < 4.78 is 0. The number of nitrogens with zero attached hydrogens (tertiary/aromatic N) is 3. The van der Waals surface area contributed by atoms with Gasteiger partial charge in [0.2, 0.25) is 5.91 Å². The van der Waals surface area contributed by atoms with Crippen LogP contribution in [0.5, 0.6) is 0 Å². The first-order chi connectivity index (χ1) is 12.5. The summed E-state index contributed by atoms with van der Waals surface area (Å²) >= 11 is 6.21. The zero-order chi connectivity index (χ0) is 18.3. The van der Waals surface area contributed by atoms with Crippen molar-refractivity contribution in [1.82, 2.24) is 15.1 Å². The number of fused-ring (bicyclic) bond motifs is 1. The zero-order valence-corrected chi connectivity index (χ0v) is 15.4. The van der Waals surface area contributed by atoms with Crippen LogP contribution in [0.15, 0.2) is 24.3 Å². The van der Waals surface area contributed by atoms with Crippen molar-refractivity contribution in [2.45, 2.75) is 26.2 Å². The minimum absolute atomic E-state index is 0.0429. The van der Waals surface area contributed by atoms with Gasteiger partial charge in [-0.05, 0) is 37.3 Å². The lowest BCUT2D eigenvalue weighted by Crippen LogP contribution is -2.52. The van der Waals surface area contributed by atoms with Crippen molar-refractivity contribution in [3.63, 3.8) is 0 Å². The van der Waals surface area contributed by atoms with Gasteiger partial charge >= 0.3 is 0 Å². The molecule has 26 heavy (non-hydrogen) atoms. The van der Waals surface area contributed by atoms with E-state index in [1.807, 2.05) is 18.2 Å². The average Bonchev–Trinajstić information content (AvgIpc) is 3.05. The van der Waals surface area contributed by atoms with Crippen molar-refractivity contribution >= 4 is 29.1 Å². The van der Waals surface area contributed by atoms with Gasteiger partial charge in [0, 0.05) is 24.3 Å². The predicted molar refractivity (Wildman–Crippen MR) is 99.5 cm³/mol. The number of aromatic amines is 1. The smallest absolute Gasteiger partial charge is 0.275 e. The third kappa shape index (κ3) is 2.98. The van der Waals surface area contributed by atoms with E-state index in [2.05, 4.69) is 17.1 Å². The highest BCUT2D eigenvalue weighted by Crippen LogP contribution is 2.29. The van der Waals surface area contributed by atoms with E-state index in [0.29, 0.717) is 35.4 Å². The molecule has 2 amide bonds. The third-order valence-electron chi connectivity index (χ3n) is 5.25. The molecule has 0 bridgehead atoms. The highest BCUT2D eigenvalue weighted by atomic mass is 35.5. The van der Waals surface area contributed by atoms with Gasteiger partial charge in [0.25, 0.3) is 5.91 Å². The van der Waals surface area contributed by atoms with E-state index in [0.717, 1.165) is 30.5 Å². The van der Waals surface area contributed by atoms with Gasteiger partial charge in [-0.15, -0.1) is 0 Å². The Labute approximate surface area is 157 Å². The molecule has 2 heterocycles. The van der Waals surface area contributed by atoms with Crippen LogP contribution in [0.1, 0.15) is 35.1 Å². The Balaban J connectivity index is 1.51. The summed E-state index contributed by atoms with van der Waals surface area (Å²) in [7, 11) is 0.